The Balaban J connectivity index is 2.28. The number of ether oxygens (including phenoxy) is 1. The molecule has 3 N–H and O–H groups in total. The fourth-order valence-corrected chi connectivity index (χ4v) is 2.09. The number of nitrogens with zero attached hydrogens (tertiary/aromatic N) is 1. The van der Waals surface area contributed by atoms with Gasteiger partial charge in [0.1, 0.15) is 11.8 Å². The molecule has 1 aromatic rings. The van der Waals surface area contributed by atoms with E-state index < -0.39 is 17.9 Å². The third-order valence-corrected chi connectivity index (χ3v) is 3.14. The lowest BCUT2D eigenvalue weighted by molar-refractivity contribution is -0.127. The Morgan fingerprint density at radius 2 is 2.21 bits per heavy atom. The van der Waals surface area contributed by atoms with Crippen LogP contribution in [-0.2, 0) is 9.53 Å². The monoisotopic (exact) mass is 284 g/mol. The molecule has 6 nitrogen and oxygen atoms in total. The number of benzene rings is 1. The lowest BCUT2D eigenvalue weighted by Crippen LogP contribution is -2.54. The highest BCUT2D eigenvalue weighted by Crippen LogP contribution is 2.24. The molecular weight excluding hydrogens is 272 g/mol. The predicted octanol–water partition coefficient (Wildman–Crippen LogP) is 0.372. The number of primary amides is 1. The van der Waals surface area contributed by atoms with Crippen molar-refractivity contribution in [2.45, 2.75) is 6.04 Å². The van der Waals surface area contributed by atoms with Crippen LogP contribution in [-0.4, -0.2) is 47.6 Å². The third-order valence-electron chi connectivity index (χ3n) is 2.91. The number of halogens is 1. The molecule has 0 aliphatic carbocycles. The summed E-state index contributed by atoms with van der Waals surface area (Å²) in [5, 5.41) is 10.1. The molecule has 19 heavy (non-hydrogen) atoms. The molecule has 0 spiro atoms. The fraction of sp³-hybridized carbons (Fsp3) is 0.333. The van der Waals surface area contributed by atoms with Gasteiger partial charge >= 0.3 is 0 Å². The van der Waals surface area contributed by atoms with Crippen LogP contribution in [0.25, 0.3) is 0 Å². The van der Waals surface area contributed by atoms with Gasteiger partial charge in [0.15, 0.2) is 0 Å². The van der Waals surface area contributed by atoms with E-state index in [1.165, 1.54) is 23.1 Å². The summed E-state index contributed by atoms with van der Waals surface area (Å²) in [6.45, 7) is 0.633. The molecule has 0 radical (unpaired) electrons. The molecule has 0 bridgehead atoms. The summed E-state index contributed by atoms with van der Waals surface area (Å²) in [4.78, 5) is 24.9. The summed E-state index contributed by atoms with van der Waals surface area (Å²) >= 11 is 5.71. The van der Waals surface area contributed by atoms with E-state index in [1.807, 2.05) is 0 Å². The molecule has 1 saturated heterocycles. The molecule has 1 aromatic carbocycles. The van der Waals surface area contributed by atoms with Crippen LogP contribution < -0.4 is 5.73 Å². The Hall–Kier alpha value is -1.79. The van der Waals surface area contributed by atoms with Gasteiger partial charge in [-0.2, -0.15) is 0 Å². The SMILES string of the molecule is NC(=O)C1COCCN1C(=O)c1ccc(Cl)cc1O. The van der Waals surface area contributed by atoms with E-state index in [-0.39, 0.29) is 24.5 Å². The molecule has 0 aromatic heterocycles. The molecule has 1 fully saturated rings. The van der Waals surface area contributed by atoms with E-state index in [2.05, 4.69) is 0 Å². The van der Waals surface area contributed by atoms with E-state index in [4.69, 9.17) is 22.1 Å². The molecule has 1 heterocycles. The number of aromatic hydroxyl groups is 1. The van der Waals surface area contributed by atoms with E-state index in [0.29, 0.717) is 11.6 Å². The summed E-state index contributed by atoms with van der Waals surface area (Å²) in [5.74, 6) is -1.34. The molecule has 1 atom stereocenters. The number of morpholine rings is 1. The normalized spacial score (nSPS) is 19.2. The summed E-state index contributed by atoms with van der Waals surface area (Å²) in [7, 11) is 0. The highest BCUT2D eigenvalue weighted by atomic mass is 35.5. The first-order valence-corrected chi connectivity index (χ1v) is 6.05. The van der Waals surface area contributed by atoms with Crippen LogP contribution in [0.5, 0.6) is 5.75 Å². The first-order valence-electron chi connectivity index (χ1n) is 5.67. The third kappa shape index (κ3) is 2.80. The van der Waals surface area contributed by atoms with Gasteiger partial charge in [0, 0.05) is 11.6 Å². The summed E-state index contributed by atoms with van der Waals surface area (Å²) in [6, 6.07) is 3.35. The Morgan fingerprint density at radius 3 is 2.84 bits per heavy atom. The van der Waals surface area contributed by atoms with Crippen LogP contribution in [0.3, 0.4) is 0 Å². The number of phenols is 1. The molecule has 1 aliphatic heterocycles. The van der Waals surface area contributed by atoms with Crippen molar-refractivity contribution in [1.29, 1.82) is 0 Å². The highest BCUT2D eigenvalue weighted by Gasteiger charge is 2.32. The minimum atomic E-state index is -0.823. The van der Waals surface area contributed by atoms with Gasteiger partial charge in [0.25, 0.3) is 5.91 Å². The zero-order valence-corrected chi connectivity index (χ0v) is 10.8. The largest absolute Gasteiger partial charge is 0.507 e. The van der Waals surface area contributed by atoms with E-state index >= 15 is 0 Å². The maximum atomic E-state index is 12.3. The number of hydrogen-bond acceptors (Lipinski definition) is 4. The minimum absolute atomic E-state index is 0.0649. The first kappa shape index (κ1) is 13.6. The average molecular weight is 285 g/mol. The Bertz CT molecular complexity index is 520. The molecule has 0 saturated carbocycles. The van der Waals surface area contributed by atoms with Gasteiger partial charge in [-0.15, -0.1) is 0 Å². The maximum Gasteiger partial charge on any atom is 0.258 e. The van der Waals surface area contributed by atoms with Crippen molar-refractivity contribution >= 4 is 23.4 Å². The molecule has 2 rings (SSSR count). The second kappa shape index (κ2) is 5.46. The fourth-order valence-electron chi connectivity index (χ4n) is 1.92. The van der Waals surface area contributed by atoms with Gasteiger partial charge in [-0.1, -0.05) is 11.6 Å². The second-order valence-corrected chi connectivity index (χ2v) is 4.59. The summed E-state index contributed by atoms with van der Waals surface area (Å²) in [6.07, 6.45) is 0. The van der Waals surface area contributed by atoms with E-state index in [0.717, 1.165) is 0 Å². The molecule has 1 aliphatic rings. The average Bonchev–Trinajstić information content (AvgIpc) is 2.38. The van der Waals surface area contributed by atoms with Crippen LogP contribution >= 0.6 is 11.6 Å². The smallest absolute Gasteiger partial charge is 0.258 e. The van der Waals surface area contributed by atoms with Gasteiger partial charge < -0.3 is 20.5 Å². The van der Waals surface area contributed by atoms with Crippen LogP contribution in [0, 0.1) is 0 Å². The number of carbonyl (C=O) groups is 2. The van der Waals surface area contributed by atoms with Crippen molar-refractivity contribution in [2.75, 3.05) is 19.8 Å². The Kier molecular flexibility index (Phi) is 3.92. The van der Waals surface area contributed by atoms with Gasteiger partial charge in [0.05, 0.1) is 18.8 Å². The molecule has 2 amide bonds. The molecule has 7 heteroatoms. The number of hydrogen-bond donors (Lipinski definition) is 2. The zero-order chi connectivity index (χ0) is 14.0. The van der Waals surface area contributed by atoms with Crippen molar-refractivity contribution in [3.63, 3.8) is 0 Å². The van der Waals surface area contributed by atoms with Gasteiger partial charge in [-0.25, -0.2) is 0 Å². The number of carbonyl (C=O) groups excluding carboxylic acids is 2. The number of amides is 2. The number of phenolic OH excluding ortho intramolecular Hbond substituents is 1. The van der Waals surface area contributed by atoms with Crippen molar-refractivity contribution in [2.24, 2.45) is 5.73 Å². The quantitative estimate of drug-likeness (QED) is 0.821. The molecular formula is C12H13ClN2O4. The highest BCUT2D eigenvalue weighted by molar-refractivity contribution is 6.30. The topological polar surface area (TPSA) is 92.9 Å². The van der Waals surface area contributed by atoms with Crippen LogP contribution in [0.15, 0.2) is 18.2 Å². The van der Waals surface area contributed by atoms with Gasteiger partial charge in [0.2, 0.25) is 5.91 Å². The van der Waals surface area contributed by atoms with Crippen molar-refractivity contribution < 1.29 is 19.4 Å². The van der Waals surface area contributed by atoms with Crippen molar-refractivity contribution in [3.05, 3.63) is 28.8 Å². The first-order chi connectivity index (χ1) is 9.00. The zero-order valence-electron chi connectivity index (χ0n) is 10.0. The Morgan fingerprint density at radius 1 is 1.47 bits per heavy atom. The number of nitrogens with two attached hydrogens (primary N) is 1. The van der Waals surface area contributed by atoms with Crippen LogP contribution in [0.2, 0.25) is 5.02 Å². The van der Waals surface area contributed by atoms with Crippen molar-refractivity contribution in [3.8, 4) is 5.75 Å². The van der Waals surface area contributed by atoms with Gasteiger partial charge in [-0.3, -0.25) is 9.59 Å². The van der Waals surface area contributed by atoms with Crippen molar-refractivity contribution in [1.82, 2.24) is 4.90 Å². The standard InChI is InChI=1S/C12H13ClN2O4/c13-7-1-2-8(10(16)5-7)12(18)15-3-4-19-6-9(15)11(14)17/h1-2,5,9,16H,3-4,6H2,(H2,14,17). The van der Waals surface area contributed by atoms with Gasteiger partial charge in [-0.05, 0) is 18.2 Å². The van der Waals surface area contributed by atoms with Crippen LogP contribution in [0.1, 0.15) is 10.4 Å². The minimum Gasteiger partial charge on any atom is -0.507 e. The molecule has 1 unspecified atom stereocenters. The maximum absolute atomic E-state index is 12.3. The Labute approximate surface area is 114 Å². The number of rotatable bonds is 2. The summed E-state index contributed by atoms with van der Waals surface area (Å²) in [5.41, 5.74) is 5.32. The summed E-state index contributed by atoms with van der Waals surface area (Å²) < 4.78 is 5.13. The van der Waals surface area contributed by atoms with Crippen LogP contribution in [0.4, 0.5) is 0 Å². The predicted molar refractivity (Wildman–Crippen MR) is 68.0 cm³/mol. The lowest BCUT2D eigenvalue weighted by atomic mass is 10.1. The van der Waals surface area contributed by atoms with E-state index in [9.17, 15) is 14.7 Å². The van der Waals surface area contributed by atoms with E-state index in [1.54, 1.807) is 0 Å². The molecule has 102 valence electrons. The second-order valence-electron chi connectivity index (χ2n) is 4.15. The lowest BCUT2D eigenvalue weighted by Gasteiger charge is -2.33.